The third-order valence-electron chi connectivity index (χ3n) is 3.72. The van der Waals surface area contributed by atoms with Gasteiger partial charge in [-0.25, -0.2) is 9.52 Å². The Morgan fingerprint density at radius 2 is 1.62 bits per heavy atom. The highest BCUT2D eigenvalue weighted by atomic mass is 32.2. The summed E-state index contributed by atoms with van der Waals surface area (Å²) >= 11 is 0. The van der Waals surface area contributed by atoms with Crippen molar-refractivity contribution in [1.29, 1.82) is 0 Å². The zero-order chi connectivity index (χ0) is 21.0. The largest absolute Gasteiger partial charge is 0.457 e. The molecule has 0 aliphatic carbocycles. The quantitative estimate of drug-likeness (QED) is 0.471. The number of ether oxygens (including phenoxy) is 1. The van der Waals surface area contributed by atoms with E-state index >= 15 is 0 Å². The van der Waals surface area contributed by atoms with Gasteiger partial charge in [-0.2, -0.15) is 8.42 Å². The van der Waals surface area contributed by atoms with Crippen LogP contribution in [0.3, 0.4) is 0 Å². The lowest BCUT2D eigenvalue weighted by molar-refractivity contribution is -0.114. The molecule has 0 heterocycles. The Bertz CT molecular complexity index is 1180. The zero-order valence-corrected chi connectivity index (χ0v) is 16.0. The second-order valence-electron chi connectivity index (χ2n) is 6.03. The van der Waals surface area contributed by atoms with Gasteiger partial charge < -0.3 is 15.4 Å². The predicted octanol–water partition coefficient (Wildman–Crippen LogP) is 3.51. The number of hydrogen-bond acceptors (Lipinski definition) is 5. The van der Waals surface area contributed by atoms with Crippen LogP contribution in [0.4, 0.5) is 16.2 Å². The molecule has 3 amide bonds. The van der Waals surface area contributed by atoms with Gasteiger partial charge in [0.2, 0.25) is 5.91 Å². The summed E-state index contributed by atoms with van der Waals surface area (Å²) in [7, 11) is -4.64. The number of fused-ring (bicyclic) bond motifs is 1. The average Bonchev–Trinajstić information content (AvgIpc) is 2.61. The maximum atomic E-state index is 11.6. The number of carbonyl (C=O) groups is 2. The van der Waals surface area contributed by atoms with Gasteiger partial charge in [0.1, 0.15) is 11.5 Å². The van der Waals surface area contributed by atoms with Crippen LogP contribution >= 0.6 is 0 Å². The molecule has 0 aliphatic heterocycles. The summed E-state index contributed by atoms with van der Waals surface area (Å²) in [4.78, 5) is 22.6. The highest BCUT2D eigenvalue weighted by Crippen LogP contribution is 2.32. The van der Waals surface area contributed by atoms with Crippen LogP contribution in [-0.4, -0.2) is 24.9 Å². The van der Waals surface area contributed by atoms with Gasteiger partial charge in [0.25, 0.3) is 0 Å². The Labute approximate surface area is 166 Å². The smallest absolute Gasteiger partial charge is 0.361 e. The van der Waals surface area contributed by atoms with E-state index < -0.39 is 16.3 Å². The Balaban J connectivity index is 1.79. The van der Waals surface area contributed by atoms with E-state index in [2.05, 4.69) is 10.6 Å². The number of rotatable bonds is 5. The Kier molecular flexibility index (Phi) is 5.66. The van der Waals surface area contributed by atoms with Crippen LogP contribution in [0.15, 0.2) is 60.7 Å². The molecule has 0 aliphatic rings. The summed E-state index contributed by atoms with van der Waals surface area (Å²) in [6, 6.07) is 16.1. The number of carbonyl (C=O) groups excluding carboxylic acids is 2. The van der Waals surface area contributed by atoms with Crippen LogP contribution in [0.1, 0.15) is 6.92 Å². The molecule has 4 N–H and O–H groups in total. The van der Waals surface area contributed by atoms with Crippen LogP contribution < -0.4 is 20.1 Å². The van der Waals surface area contributed by atoms with Gasteiger partial charge in [0.05, 0.1) is 0 Å². The summed E-state index contributed by atoms with van der Waals surface area (Å²) in [5, 5.41) is 6.49. The Hall–Kier alpha value is -3.63. The number of urea groups is 1. The molecular weight excluding hydrogens is 398 g/mol. The number of hydrogen-bond donors (Lipinski definition) is 4. The van der Waals surface area contributed by atoms with E-state index in [9.17, 15) is 18.0 Å². The fraction of sp³-hybridized carbons (Fsp3) is 0.0526. The van der Waals surface area contributed by atoms with Gasteiger partial charge >= 0.3 is 16.3 Å². The molecule has 9 nitrogen and oxygen atoms in total. The third kappa shape index (κ3) is 5.67. The first kappa shape index (κ1) is 20.1. The van der Waals surface area contributed by atoms with Gasteiger partial charge in [-0.15, -0.1) is 0 Å². The van der Waals surface area contributed by atoms with Crippen molar-refractivity contribution in [2.75, 3.05) is 10.6 Å². The summed E-state index contributed by atoms with van der Waals surface area (Å²) in [5.41, 5.74) is 0.983. The van der Waals surface area contributed by atoms with Crippen LogP contribution in [0, 0.1) is 0 Å². The first-order valence-electron chi connectivity index (χ1n) is 8.34. The second kappa shape index (κ2) is 8.17. The summed E-state index contributed by atoms with van der Waals surface area (Å²) in [6.45, 7) is 1.43. The molecule has 0 atom stereocenters. The Morgan fingerprint density at radius 1 is 0.931 bits per heavy atom. The maximum Gasteiger partial charge on any atom is 0.361 e. The fourth-order valence-corrected chi connectivity index (χ4v) is 2.92. The highest BCUT2D eigenvalue weighted by Gasteiger charge is 2.11. The van der Waals surface area contributed by atoms with E-state index in [0.717, 1.165) is 10.8 Å². The molecule has 0 saturated carbocycles. The molecule has 0 radical (unpaired) electrons. The van der Waals surface area contributed by atoms with E-state index in [0.29, 0.717) is 22.9 Å². The van der Waals surface area contributed by atoms with Gasteiger partial charge in [0, 0.05) is 23.7 Å². The Morgan fingerprint density at radius 3 is 2.28 bits per heavy atom. The van der Waals surface area contributed by atoms with Crippen molar-refractivity contribution in [1.82, 2.24) is 4.72 Å². The molecule has 0 aromatic heterocycles. The molecule has 0 unspecified atom stereocenters. The number of benzene rings is 3. The molecule has 0 saturated heterocycles. The van der Waals surface area contributed by atoms with Gasteiger partial charge in [0.15, 0.2) is 0 Å². The van der Waals surface area contributed by atoms with Crippen LogP contribution in [0.5, 0.6) is 11.5 Å². The molecule has 29 heavy (non-hydrogen) atoms. The second-order valence-corrected chi connectivity index (χ2v) is 7.19. The van der Waals surface area contributed by atoms with E-state index in [1.165, 1.54) is 11.6 Å². The summed E-state index contributed by atoms with van der Waals surface area (Å²) in [5.74, 6) is 0.979. The molecule has 3 aromatic carbocycles. The van der Waals surface area contributed by atoms with Crippen molar-refractivity contribution in [3.05, 3.63) is 60.7 Å². The normalized spacial score (nSPS) is 11.0. The maximum absolute atomic E-state index is 11.6. The molecule has 0 spiro atoms. The van der Waals surface area contributed by atoms with Gasteiger partial charge in [-0.3, -0.25) is 9.35 Å². The fourth-order valence-electron chi connectivity index (χ4n) is 2.63. The standard InChI is InChI=1S/C19H17N3O6S/c1-12(23)20-14-5-8-16(9-6-14)28-18-4-2-3-13-11-15(7-10-17(13)18)21-19(24)22-29(25,26)27/h2-11H,1H3,(H,20,23)(H2,21,22,24)(H,25,26,27). The van der Waals surface area contributed by atoms with Crippen molar-refractivity contribution >= 4 is 44.4 Å². The highest BCUT2D eigenvalue weighted by molar-refractivity contribution is 7.84. The lowest BCUT2D eigenvalue weighted by atomic mass is 10.1. The van der Waals surface area contributed by atoms with Gasteiger partial charge in [-0.1, -0.05) is 12.1 Å². The molecule has 3 rings (SSSR count). The minimum Gasteiger partial charge on any atom is -0.457 e. The summed E-state index contributed by atoms with van der Waals surface area (Å²) in [6.07, 6.45) is 0. The molecule has 3 aromatic rings. The van der Waals surface area contributed by atoms with Crippen molar-refractivity contribution in [2.24, 2.45) is 0 Å². The van der Waals surface area contributed by atoms with E-state index in [1.807, 2.05) is 0 Å². The topological polar surface area (TPSA) is 134 Å². The molecule has 0 fully saturated rings. The lowest BCUT2D eigenvalue weighted by Gasteiger charge is -2.11. The van der Waals surface area contributed by atoms with Crippen molar-refractivity contribution < 1.29 is 27.3 Å². The average molecular weight is 415 g/mol. The lowest BCUT2D eigenvalue weighted by Crippen LogP contribution is -2.33. The minimum absolute atomic E-state index is 0.164. The number of nitrogens with one attached hydrogen (secondary N) is 3. The van der Waals surface area contributed by atoms with Gasteiger partial charge in [-0.05, 0) is 53.9 Å². The molecule has 10 heteroatoms. The van der Waals surface area contributed by atoms with Crippen LogP contribution in [0.2, 0.25) is 0 Å². The van der Waals surface area contributed by atoms with Crippen LogP contribution in [-0.2, 0) is 15.1 Å². The van der Waals surface area contributed by atoms with Crippen molar-refractivity contribution in [3.63, 3.8) is 0 Å². The summed E-state index contributed by atoms with van der Waals surface area (Å²) < 4.78 is 37.3. The minimum atomic E-state index is -4.64. The molecule has 0 bridgehead atoms. The van der Waals surface area contributed by atoms with Crippen molar-refractivity contribution in [3.8, 4) is 11.5 Å². The first-order chi connectivity index (χ1) is 13.7. The van der Waals surface area contributed by atoms with E-state index in [-0.39, 0.29) is 5.91 Å². The zero-order valence-electron chi connectivity index (χ0n) is 15.2. The van der Waals surface area contributed by atoms with Crippen molar-refractivity contribution in [2.45, 2.75) is 6.92 Å². The number of anilines is 2. The van der Waals surface area contributed by atoms with Crippen LogP contribution in [0.25, 0.3) is 10.8 Å². The SMILES string of the molecule is CC(=O)Nc1ccc(Oc2cccc3cc(NC(=O)NS(=O)(=O)O)ccc23)cc1. The van der Waals surface area contributed by atoms with E-state index in [1.54, 1.807) is 60.7 Å². The molecule has 150 valence electrons. The van der Waals surface area contributed by atoms with E-state index in [4.69, 9.17) is 9.29 Å². The predicted molar refractivity (Wildman–Crippen MR) is 108 cm³/mol. The monoisotopic (exact) mass is 415 g/mol. The number of amides is 3. The third-order valence-corrected chi connectivity index (χ3v) is 4.17. The first-order valence-corrected chi connectivity index (χ1v) is 9.78. The molecular formula is C19H17N3O6S.